The maximum atomic E-state index is 13.2. The summed E-state index contributed by atoms with van der Waals surface area (Å²) >= 11 is 0. The molecule has 8 nitrogen and oxygen atoms in total. The van der Waals surface area contributed by atoms with Gasteiger partial charge in [-0.1, -0.05) is 37.5 Å². The molecule has 0 bridgehead atoms. The number of rotatable bonds is 8. The zero-order valence-corrected chi connectivity index (χ0v) is 20.0. The molecular weight excluding hydrogens is 458 g/mol. The SMILES string of the molecule is COc1cc(NC(=O)c2ccc(NC3CCCCC3)c(C(=O)Nc3ccccc3)c2)ccc1C(=O)O. The first-order chi connectivity index (χ1) is 17.4. The number of para-hydroxylation sites is 1. The molecule has 0 atom stereocenters. The Balaban J connectivity index is 1.59. The van der Waals surface area contributed by atoms with Gasteiger partial charge in [0.15, 0.2) is 0 Å². The van der Waals surface area contributed by atoms with Crippen LogP contribution in [0.4, 0.5) is 17.1 Å². The second-order valence-electron chi connectivity index (χ2n) is 8.73. The van der Waals surface area contributed by atoms with E-state index in [-0.39, 0.29) is 23.3 Å². The summed E-state index contributed by atoms with van der Waals surface area (Å²) in [5.41, 5.74) is 2.38. The monoisotopic (exact) mass is 487 g/mol. The fourth-order valence-corrected chi connectivity index (χ4v) is 4.33. The molecule has 0 aliphatic heterocycles. The molecule has 1 aliphatic rings. The number of benzene rings is 3. The maximum absolute atomic E-state index is 13.2. The third-order valence-corrected chi connectivity index (χ3v) is 6.21. The lowest BCUT2D eigenvalue weighted by atomic mass is 9.94. The molecule has 36 heavy (non-hydrogen) atoms. The number of nitrogens with one attached hydrogen (secondary N) is 3. The molecule has 0 saturated heterocycles. The van der Waals surface area contributed by atoms with Gasteiger partial charge >= 0.3 is 5.97 Å². The van der Waals surface area contributed by atoms with E-state index in [1.54, 1.807) is 30.3 Å². The van der Waals surface area contributed by atoms with Gasteiger partial charge < -0.3 is 25.8 Å². The Hall–Kier alpha value is -4.33. The van der Waals surface area contributed by atoms with Crippen molar-refractivity contribution in [1.82, 2.24) is 0 Å². The molecule has 3 aromatic carbocycles. The van der Waals surface area contributed by atoms with Crippen LogP contribution in [0.3, 0.4) is 0 Å². The second kappa shape index (κ2) is 11.4. The summed E-state index contributed by atoms with van der Waals surface area (Å²) < 4.78 is 5.14. The quantitative estimate of drug-likeness (QED) is 0.327. The Labute approximate surface area is 209 Å². The first-order valence-corrected chi connectivity index (χ1v) is 11.9. The molecule has 0 spiro atoms. The third kappa shape index (κ3) is 6.02. The van der Waals surface area contributed by atoms with Crippen LogP contribution in [0.5, 0.6) is 5.75 Å². The average Bonchev–Trinajstić information content (AvgIpc) is 2.89. The van der Waals surface area contributed by atoms with Gasteiger partial charge in [-0.2, -0.15) is 0 Å². The molecule has 0 unspecified atom stereocenters. The van der Waals surface area contributed by atoms with Crippen LogP contribution in [0.15, 0.2) is 66.7 Å². The summed E-state index contributed by atoms with van der Waals surface area (Å²) in [7, 11) is 1.36. The molecule has 1 saturated carbocycles. The molecule has 0 radical (unpaired) electrons. The van der Waals surface area contributed by atoms with E-state index in [0.29, 0.717) is 28.2 Å². The molecule has 3 aromatic rings. The first-order valence-electron chi connectivity index (χ1n) is 11.9. The summed E-state index contributed by atoms with van der Waals surface area (Å²) in [6.45, 7) is 0. The largest absolute Gasteiger partial charge is 0.496 e. The fraction of sp³-hybridized carbons (Fsp3) is 0.250. The molecular formula is C28H29N3O5. The van der Waals surface area contributed by atoms with Crippen LogP contribution in [0.2, 0.25) is 0 Å². The summed E-state index contributed by atoms with van der Waals surface area (Å²) in [4.78, 5) is 37.6. The van der Waals surface area contributed by atoms with Gasteiger partial charge in [0.2, 0.25) is 0 Å². The topological polar surface area (TPSA) is 117 Å². The summed E-state index contributed by atoms with van der Waals surface area (Å²) in [6, 6.07) is 18.7. The highest BCUT2D eigenvalue weighted by Gasteiger charge is 2.20. The number of carbonyl (C=O) groups excluding carboxylic acids is 2. The number of hydrogen-bond donors (Lipinski definition) is 4. The lowest BCUT2D eigenvalue weighted by molar-refractivity contribution is 0.0693. The summed E-state index contributed by atoms with van der Waals surface area (Å²) in [6.07, 6.45) is 5.59. The van der Waals surface area contributed by atoms with Crippen LogP contribution < -0.4 is 20.7 Å². The van der Waals surface area contributed by atoms with E-state index < -0.39 is 11.9 Å². The summed E-state index contributed by atoms with van der Waals surface area (Å²) in [5, 5.41) is 18.4. The predicted octanol–water partition coefficient (Wildman–Crippen LogP) is 5.64. The molecule has 186 valence electrons. The van der Waals surface area contributed by atoms with Gasteiger partial charge in [-0.25, -0.2) is 4.79 Å². The average molecular weight is 488 g/mol. The van der Waals surface area contributed by atoms with Crippen molar-refractivity contribution in [2.75, 3.05) is 23.1 Å². The van der Waals surface area contributed by atoms with E-state index in [9.17, 15) is 19.5 Å². The Morgan fingerprint density at radius 3 is 2.22 bits per heavy atom. The minimum Gasteiger partial charge on any atom is -0.496 e. The summed E-state index contributed by atoms with van der Waals surface area (Å²) in [5.74, 6) is -1.74. The van der Waals surface area contributed by atoms with Crippen molar-refractivity contribution >= 4 is 34.8 Å². The van der Waals surface area contributed by atoms with Crippen molar-refractivity contribution in [2.24, 2.45) is 0 Å². The lowest BCUT2D eigenvalue weighted by Gasteiger charge is -2.25. The van der Waals surface area contributed by atoms with Crippen molar-refractivity contribution in [3.63, 3.8) is 0 Å². The standard InChI is InChI=1S/C28H29N3O5/c1-36-25-17-21(13-14-22(25)28(34)35)31-26(32)18-12-15-24(29-19-8-4-2-5-9-19)23(16-18)27(33)30-20-10-6-3-7-11-20/h3,6-7,10-17,19,29H,2,4-5,8-9H2,1H3,(H,30,33)(H,31,32)(H,34,35). The van der Waals surface area contributed by atoms with E-state index in [1.807, 2.05) is 18.2 Å². The highest BCUT2D eigenvalue weighted by molar-refractivity contribution is 6.11. The van der Waals surface area contributed by atoms with Gasteiger partial charge in [0.05, 0.1) is 12.7 Å². The van der Waals surface area contributed by atoms with E-state index >= 15 is 0 Å². The number of carboxylic acid groups (broad SMARTS) is 1. The van der Waals surface area contributed by atoms with Gasteiger partial charge in [-0.3, -0.25) is 9.59 Å². The number of hydrogen-bond acceptors (Lipinski definition) is 5. The van der Waals surface area contributed by atoms with E-state index in [0.717, 1.165) is 25.7 Å². The zero-order chi connectivity index (χ0) is 25.5. The van der Waals surface area contributed by atoms with Gasteiger partial charge in [0, 0.05) is 34.7 Å². The van der Waals surface area contributed by atoms with Crippen LogP contribution in [0.1, 0.15) is 63.2 Å². The number of anilines is 3. The number of amides is 2. The lowest BCUT2D eigenvalue weighted by Crippen LogP contribution is -2.25. The van der Waals surface area contributed by atoms with E-state index in [4.69, 9.17) is 4.74 Å². The molecule has 0 heterocycles. The van der Waals surface area contributed by atoms with Crippen molar-refractivity contribution in [3.8, 4) is 5.75 Å². The molecule has 4 rings (SSSR count). The molecule has 1 fully saturated rings. The minimum absolute atomic E-state index is 0.00601. The normalized spacial score (nSPS) is 13.5. The Bertz CT molecular complexity index is 1250. The van der Waals surface area contributed by atoms with Gasteiger partial charge in [-0.15, -0.1) is 0 Å². The van der Waals surface area contributed by atoms with E-state index in [2.05, 4.69) is 16.0 Å². The third-order valence-electron chi connectivity index (χ3n) is 6.21. The molecule has 4 N–H and O–H groups in total. The van der Waals surface area contributed by atoms with E-state index in [1.165, 1.54) is 31.7 Å². The van der Waals surface area contributed by atoms with Crippen LogP contribution in [-0.4, -0.2) is 36.0 Å². The molecule has 2 amide bonds. The van der Waals surface area contributed by atoms with Crippen LogP contribution in [-0.2, 0) is 0 Å². The van der Waals surface area contributed by atoms with Gasteiger partial charge in [0.1, 0.15) is 11.3 Å². The fourth-order valence-electron chi connectivity index (χ4n) is 4.33. The molecule has 1 aliphatic carbocycles. The number of ether oxygens (including phenoxy) is 1. The van der Waals surface area contributed by atoms with Gasteiger partial charge in [-0.05, 0) is 55.3 Å². The molecule has 8 heteroatoms. The molecule has 0 aromatic heterocycles. The number of carboxylic acids is 1. The minimum atomic E-state index is -1.13. The Morgan fingerprint density at radius 2 is 1.53 bits per heavy atom. The maximum Gasteiger partial charge on any atom is 0.339 e. The highest BCUT2D eigenvalue weighted by atomic mass is 16.5. The van der Waals surface area contributed by atoms with Crippen molar-refractivity contribution in [1.29, 1.82) is 0 Å². The highest BCUT2D eigenvalue weighted by Crippen LogP contribution is 2.27. The van der Waals surface area contributed by atoms with Crippen molar-refractivity contribution < 1.29 is 24.2 Å². The zero-order valence-electron chi connectivity index (χ0n) is 20.0. The van der Waals surface area contributed by atoms with Gasteiger partial charge in [0.25, 0.3) is 11.8 Å². The number of aromatic carboxylic acids is 1. The van der Waals surface area contributed by atoms with Crippen molar-refractivity contribution in [3.05, 3.63) is 83.4 Å². The Morgan fingerprint density at radius 1 is 0.806 bits per heavy atom. The number of methoxy groups -OCH3 is 1. The first kappa shape index (κ1) is 24.8. The number of carbonyl (C=O) groups is 3. The van der Waals surface area contributed by atoms with Crippen molar-refractivity contribution in [2.45, 2.75) is 38.1 Å². The smallest absolute Gasteiger partial charge is 0.339 e. The van der Waals surface area contributed by atoms with Crippen LogP contribution >= 0.6 is 0 Å². The Kier molecular flexibility index (Phi) is 7.85. The predicted molar refractivity (Wildman–Crippen MR) is 139 cm³/mol. The second-order valence-corrected chi connectivity index (χ2v) is 8.73. The van der Waals surface area contributed by atoms with Crippen LogP contribution in [0, 0.1) is 0 Å². The van der Waals surface area contributed by atoms with Crippen LogP contribution in [0.25, 0.3) is 0 Å².